The van der Waals surface area contributed by atoms with Crippen molar-refractivity contribution < 1.29 is 9.13 Å². The van der Waals surface area contributed by atoms with Crippen LogP contribution in [0.2, 0.25) is 10.0 Å². The molecule has 1 heterocycles. The van der Waals surface area contributed by atoms with Gasteiger partial charge in [0, 0.05) is 10.5 Å². The zero-order chi connectivity index (χ0) is 12.4. The highest BCUT2D eigenvalue weighted by molar-refractivity contribution is 9.10. The second-order valence-electron chi connectivity index (χ2n) is 2.98. The Hall–Kier alpha value is -0.910. The first-order valence-electron chi connectivity index (χ1n) is 4.36. The van der Waals surface area contributed by atoms with E-state index >= 15 is 0 Å². The van der Waals surface area contributed by atoms with Crippen molar-refractivity contribution in [3.8, 4) is 11.6 Å². The topological polar surface area (TPSA) is 35.0 Å². The molecule has 0 saturated carbocycles. The fourth-order valence-electron chi connectivity index (χ4n) is 1.07. The molecule has 0 saturated heterocycles. The quantitative estimate of drug-likeness (QED) is 0.598. The lowest BCUT2D eigenvalue weighted by Gasteiger charge is -2.07. The summed E-state index contributed by atoms with van der Waals surface area (Å²) in [5, 5.41) is 0.763. The van der Waals surface area contributed by atoms with E-state index < -0.39 is 5.95 Å². The Kier molecular flexibility index (Phi) is 3.81. The Bertz CT molecular complexity index is 568. The van der Waals surface area contributed by atoms with Gasteiger partial charge in [-0.05, 0) is 22.0 Å². The van der Waals surface area contributed by atoms with Crippen LogP contribution in [0.5, 0.6) is 11.6 Å². The monoisotopic (exact) mass is 336 g/mol. The molecular weight excluding hydrogens is 334 g/mol. The average molecular weight is 338 g/mol. The van der Waals surface area contributed by atoms with Crippen molar-refractivity contribution in [2.24, 2.45) is 0 Å². The van der Waals surface area contributed by atoms with Crippen LogP contribution >= 0.6 is 39.1 Å². The molecule has 88 valence electrons. The smallest absolute Gasteiger partial charge is 0.225 e. The molecule has 0 N–H and O–H groups in total. The third-order valence-electron chi connectivity index (χ3n) is 1.80. The average Bonchev–Trinajstić information content (AvgIpc) is 2.26. The Morgan fingerprint density at radius 1 is 1.12 bits per heavy atom. The summed E-state index contributed by atoms with van der Waals surface area (Å²) >= 11 is 15.1. The van der Waals surface area contributed by atoms with Crippen molar-refractivity contribution in [3.05, 3.63) is 45.0 Å². The van der Waals surface area contributed by atoms with Crippen LogP contribution in [0.25, 0.3) is 0 Å². The van der Waals surface area contributed by atoms with Gasteiger partial charge in [0.25, 0.3) is 0 Å². The minimum atomic E-state index is -0.686. The van der Waals surface area contributed by atoms with Crippen molar-refractivity contribution in [1.82, 2.24) is 9.97 Å². The predicted molar refractivity (Wildman–Crippen MR) is 66.2 cm³/mol. The molecule has 0 amide bonds. The van der Waals surface area contributed by atoms with Crippen LogP contribution < -0.4 is 4.74 Å². The zero-order valence-corrected chi connectivity index (χ0v) is 11.2. The summed E-state index contributed by atoms with van der Waals surface area (Å²) in [6.45, 7) is 0. The normalized spacial score (nSPS) is 10.4. The van der Waals surface area contributed by atoms with Crippen molar-refractivity contribution in [1.29, 1.82) is 0 Å². The summed E-state index contributed by atoms with van der Waals surface area (Å²) in [7, 11) is 0. The number of ether oxygens (including phenoxy) is 1. The second-order valence-corrected chi connectivity index (χ2v) is 4.65. The summed E-state index contributed by atoms with van der Waals surface area (Å²) in [5.41, 5.74) is 0. The third kappa shape index (κ3) is 3.06. The summed E-state index contributed by atoms with van der Waals surface area (Å²) in [4.78, 5) is 7.05. The molecule has 17 heavy (non-hydrogen) atoms. The van der Waals surface area contributed by atoms with Gasteiger partial charge in [0.1, 0.15) is 12.1 Å². The van der Waals surface area contributed by atoms with Crippen LogP contribution in [0.4, 0.5) is 4.39 Å². The molecule has 0 radical (unpaired) electrons. The van der Waals surface area contributed by atoms with Gasteiger partial charge < -0.3 is 4.74 Å². The Labute approximate surface area is 115 Å². The molecule has 3 nitrogen and oxygen atoms in total. The lowest BCUT2D eigenvalue weighted by Crippen LogP contribution is -1.92. The summed E-state index contributed by atoms with van der Waals surface area (Å²) < 4.78 is 18.8. The molecule has 0 unspecified atom stereocenters. The minimum absolute atomic E-state index is 0.0535. The van der Waals surface area contributed by atoms with E-state index in [0.29, 0.717) is 14.5 Å². The molecule has 1 aromatic heterocycles. The van der Waals surface area contributed by atoms with Crippen LogP contribution in [-0.2, 0) is 0 Å². The highest BCUT2D eigenvalue weighted by Crippen LogP contribution is 2.35. The molecule has 0 fully saturated rings. The maximum absolute atomic E-state index is 12.8. The molecule has 0 spiro atoms. The van der Waals surface area contributed by atoms with Crippen LogP contribution in [0, 0.1) is 5.95 Å². The van der Waals surface area contributed by atoms with E-state index in [1.54, 1.807) is 6.07 Å². The van der Waals surface area contributed by atoms with Crippen LogP contribution in [0.3, 0.4) is 0 Å². The molecule has 1 aromatic carbocycles. The van der Waals surface area contributed by atoms with Crippen molar-refractivity contribution in [2.45, 2.75) is 0 Å². The van der Waals surface area contributed by atoms with E-state index in [9.17, 15) is 4.39 Å². The fourth-order valence-corrected chi connectivity index (χ4v) is 1.90. The van der Waals surface area contributed by atoms with Gasteiger partial charge in [-0.25, -0.2) is 9.97 Å². The van der Waals surface area contributed by atoms with Crippen LogP contribution in [-0.4, -0.2) is 9.97 Å². The molecular formula is C10H4BrCl2FN2O. The molecule has 0 aliphatic carbocycles. The van der Waals surface area contributed by atoms with Crippen LogP contribution in [0.1, 0.15) is 0 Å². The van der Waals surface area contributed by atoms with E-state index in [1.165, 1.54) is 6.07 Å². The number of nitrogens with zero attached hydrogens (tertiary/aromatic N) is 2. The van der Waals surface area contributed by atoms with Gasteiger partial charge in [-0.3, -0.25) is 0 Å². The van der Waals surface area contributed by atoms with E-state index in [0.717, 1.165) is 12.4 Å². The Balaban J connectivity index is 2.33. The van der Waals surface area contributed by atoms with Gasteiger partial charge in [-0.2, -0.15) is 4.39 Å². The maximum atomic E-state index is 12.8. The maximum Gasteiger partial charge on any atom is 0.225 e. The van der Waals surface area contributed by atoms with Gasteiger partial charge in [0.15, 0.2) is 0 Å². The number of benzene rings is 1. The lowest BCUT2D eigenvalue weighted by atomic mass is 10.3. The van der Waals surface area contributed by atoms with Crippen molar-refractivity contribution in [2.75, 3.05) is 0 Å². The zero-order valence-electron chi connectivity index (χ0n) is 8.12. The number of halogens is 4. The van der Waals surface area contributed by atoms with E-state index in [4.69, 9.17) is 27.9 Å². The Morgan fingerprint density at radius 3 is 2.59 bits per heavy atom. The third-order valence-corrected chi connectivity index (χ3v) is 3.29. The van der Waals surface area contributed by atoms with Gasteiger partial charge in [0.2, 0.25) is 11.8 Å². The van der Waals surface area contributed by atoms with Gasteiger partial charge in [-0.1, -0.05) is 23.2 Å². The summed E-state index contributed by atoms with van der Waals surface area (Å²) in [6.07, 6.45) is 1.05. The Morgan fingerprint density at radius 2 is 1.88 bits per heavy atom. The number of hydrogen-bond donors (Lipinski definition) is 0. The first-order chi connectivity index (χ1) is 8.06. The second kappa shape index (κ2) is 5.16. The van der Waals surface area contributed by atoms with Crippen molar-refractivity contribution >= 4 is 39.1 Å². The molecule has 0 aliphatic rings. The van der Waals surface area contributed by atoms with Crippen LogP contribution in [0.15, 0.2) is 29.0 Å². The fraction of sp³-hybridized carbons (Fsp3) is 0. The summed E-state index contributed by atoms with van der Waals surface area (Å²) in [5.74, 6) is -0.343. The molecule has 0 aliphatic heterocycles. The minimum Gasteiger partial charge on any atom is -0.437 e. The largest absolute Gasteiger partial charge is 0.437 e. The highest BCUT2D eigenvalue weighted by Gasteiger charge is 2.09. The lowest BCUT2D eigenvalue weighted by molar-refractivity contribution is 0.451. The van der Waals surface area contributed by atoms with E-state index in [2.05, 4.69) is 25.9 Å². The first-order valence-corrected chi connectivity index (χ1v) is 5.91. The predicted octanol–water partition coefficient (Wildman–Crippen LogP) is 4.48. The van der Waals surface area contributed by atoms with Gasteiger partial charge >= 0.3 is 0 Å². The molecule has 2 rings (SSSR count). The molecule has 0 atom stereocenters. The molecule has 2 aromatic rings. The number of rotatable bonds is 2. The number of aromatic nitrogens is 2. The van der Waals surface area contributed by atoms with E-state index in [-0.39, 0.29) is 11.6 Å². The van der Waals surface area contributed by atoms with E-state index in [1.807, 2.05) is 0 Å². The number of hydrogen-bond acceptors (Lipinski definition) is 3. The van der Waals surface area contributed by atoms with Crippen molar-refractivity contribution in [3.63, 3.8) is 0 Å². The van der Waals surface area contributed by atoms with Gasteiger partial charge in [0.05, 0.1) is 16.1 Å². The molecule has 0 bridgehead atoms. The summed E-state index contributed by atoms with van der Waals surface area (Å²) in [6, 6.07) is 4.14. The molecule has 7 heteroatoms. The first kappa shape index (κ1) is 12.5. The van der Waals surface area contributed by atoms with Gasteiger partial charge in [-0.15, -0.1) is 0 Å². The standard InChI is InChI=1S/C10H4BrCl2FN2O/c11-5-1-7(13)8(2-6(5)12)17-10-3-9(14)15-4-16-10/h1-4H. The highest BCUT2D eigenvalue weighted by atomic mass is 79.9. The SMILES string of the molecule is Fc1cc(Oc2cc(Cl)c(Br)cc2Cl)ncn1.